The van der Waals surface area contributed by atoms with Crippen LogP contribution in [0.3, 0.4) is 0 Å². The fourth-order valence-electron chi connectivity index (χ4n) is 3.32. The maximum atomic E-state index is 13.0. The molecule has 3 aromatic rings. The van der Waals surface area contributed by atoms with Gasteiger partial charge in [-0.2, -0.15) is 0 Å². The Morgan fingerprint density at radius 3 is 2.59 bits per heavy atom. The predicted molar refractivity (Wildman–Crippen MR) is 111 cm³/mol. The molecule has 7 nitrogen and oxygen atoms in total. The van der Waals surface area contributed by atoms with E-state index in [2.05, 4.69) is 0 Å². The number of primary amides is 1. The highest BCUT2D eigenvalue weighted by Crippen LogP contribution is 2.30. The van der Waals surface area contributed by atoms with Gasteiger partial charge in [-0.3, -0.25) is 14.6 Å². The number of nitrogens with two attached hydrogens (primary N) is 1. The molecule has 0 unspecified atom stereocenters. The van der Waals surface area contributed by atoms with Crippen molar-refractivity contribution in [3.05, 3.63) is 71.4 Å². The molecule has 0 aliphatic heterocycles. The molecule has 3 rings (SSSR count). The van der Waals surface area contributed by atoms with Crippen molar-refractivity contribution >= 4 is 28.9 Å². The van der Waals surface area contributed by atoms with E-state index in [1.165, 1.54) is 6.08 Å². The van der Waals surface area contributed by atoms with Crippen LogP contribution in [0.15, 0.2) is 54.6 Å². The zero-order valence-electron chi connectivity index (χ0n) is 16.3. The first-order chi connectivity index (χ1) is 13.9. The van der Waals surface area contributed by atoms with E-state index in [-0.39, 0.29) is 12.5 Å². The number of amides is 2. The number of urea groups is 1. The first kappa shape index (κ1) is 20.2. The Bertz CT molecular complexity index is 1070. The van der Waals surface area contributed by atoms with E-state index in [9.17, 15) is 14.8 Å². The first-order valence-corrected chi connectivity index (χ1v) is 9.13. The fourth-order valence-corrected chi connectivity index (χ4v) is 3.32. The summed E-state index contributed by atoms with van der Waals surface area (Å²) in [6.45, 7) is 1.85. The maximum absolute atomic E-state index is 13.0. The average molecular weight is 393 g/mol. The maximum Gasteiger partial charge on any atom is 0.338 e. The molecule has 3 N–H and O–H groups in total. The molecule has 0 bridgehead atoms. The third-order valence-corrected chi connectivity index (χ3v) is 4.81. The average Bonchev–Trinajstić information content (AvgIpc) is 3.01. The van der Waals surface area contributed by atoms with E-state index >= 15 is 0 Å². The number of rotatable bonds is 6. The number of nitrogens with zero attached hydrogens (tertiary/aromatic N) is 2. The van der Waals surface area contributed by atoms with E-state index < -0.39 is 6.03 Å². The molecular weight excluding hydrogens is 370 g/mol. The molecule has 1 heterocycles. The summed E-state index contributed by atoms with van der Waals surface area (Å²) in [6.07, 6.45) is 3.62. The zero-order chi connectivity index (χ0) is 21.0. The lowest BCUT2D eigenvalue weighted by Crippen LogP contribution is -2.34. The Hall–Kier alpha value is -3.58. The van der Waals surface area contributed by atoms with Crippen LogP contribution in [0.4, 0.5) is 4.79 Å². The van der Waals surface area contributed by atoms with Gasteiger partial charge in [0.1, 0.15) is 5.75 Å². The second-order valence-corrected chi connectivity index (χ2v) is 6.58. The minimum absolute atomic E-state index is 0.0144. The number of hydroxylamine groups is 2. The molecule has 150 valence electrons. The lowest BCUT2D eigenvalue weighted by atomic mass is 10.1. The number of allylic oxidation sites excluding steroid dienone is 1. The van der Waals surface area contributed by atoms with Crippen molar-refractivity contribution in [3.63, 3.8) is 0 Å². The Morgan fingerprint density at radius 2 is 1.93 bits per heavy atom. The van der Waals surface area contributed by atoms with Crippen LogP contribution >= 0.6 is 0 Å². The van der Waals surface area contributed by atoms with E-state index in [1.54, 1.807) is 23.8 Å². The summed E-state index contributed by atoms with van der Waals surface area (Å²) in [6, 6.07) is 14.1. The Balaban J connectivity index is 2.02. The molecule has 0 saturated heterocycles. The first-order valence-electron chi connectivity index (χ1n) is 9.13. The molecule has 0 saturated carbocycles. The van der Waals surface area contributed by atoms with Gasteiger partial charge in [-0.1, -0.05) is 30.3 Å². The number of methoxy groups -OCH3 is 1. The quantitative estimate of drug-likeness (QED) is 0.380. The second kappa shape index (κ2) is 8.62. The van der Waals surface area contributed by atoms with Crippen LogP contribution in [0.25, 0.3) is 17.0 Å². The number of hydrogen-bond acceptors (Lipinski definition) is 4. The van der Waals surface area contributed by atoms with Crippen LogP contribution in [0.1, 0.15) is 21.6 Å². The van der Waals surface area contributed by atoms with Crippen LogP contribution < -0.4 is 10.5 Å². The monoisotopic (exact) mass is 393 g/mol. The van der Waals surface area contributed by atoms with Gasteiger partial charge in [0.05, 0.1) is 19.2 Å². The van der Waals surface area contributed by atoms with Crippen molar-refractivity contribution in [1.29, 1.82) is 0 Å². The van der Waals surface area contributed by atoms with Gasteiger partial charge in [0.2, 0.25) is 0 Å². The van der Waals surface area contributed by atoms with Gasteiger partial charge in [0, 0.05) is 17.2 Å². The van der Waals surface area contributed by atoms with Crippen LogP contribution in [0.5, 0.6) is 5.75 Å². The summed E-state index contributed by atoms with van der Waals surface area (Å²) in [5.41, 5.74) is 8.31. The Labute approximate surface area is 168 Å². The lowest BCUT2D eigenvalue weighted by molar-refractivity contribution is -0.0381. The van der Waals surface area contributed by atoms with E-state index in [1.807, 2.05) is 49.4 Å². The number of benzene rings is 2. The minimum Gasteiger partial charge on any atom is -0.497 e. The summed E-state index contributed by atoms with van der Waals surface area (Å²) < 4.78 is 6.93. The van der Waals surface area contributed by atoms with Gasteiger partial charge >= 0.3 is 6.03 Å². The fraction of sp³-hybridized carbons (Fsp3) is 0.182. The summed E-state index contributed by atoms with van der Waals surface area (Å²) in [5, 5.41) is 10.9. The standard InChI is InChI=1S/C22H23N3O4/c1-15-18(12-13-24(28)22(23)27)19-14-17(29-2)9-10-20(19)25(15)21(26)11-8-16-6-4-3-5-7-16/h3-11,14,28H,12-13H2,1-2H3,(H2,23,27). The highest BCUT2D eigenvalue weighted by atomic mass is 16.5. The van der Waals surface area contributed by atoms with Crippen LogP contribution in [0.2, 0.25) is 0 Å². The number of carbonyl (C=O) groups excluding carboxylic acids is 2. The van der Waals surface area contributed by atoms with Crippen molar-refractivity contribution in [2.45, 2.75) is 13.3 Å². The number of aromatic nitrogens is 1. The third kappa shape index (κ3) is 4.30. The molecule has 29 heavy (non-hydrogen) atoms. The third-order valence-electron chi connectivity index (χ3n) is 4.81. The topological polar surface area (TPSA) is 97.8 Å². The van der Waals surface area contributed by atoms with Crippen molar-refractivity contribution in [1.82, 2.24) is 9.63 Å². The van der Waals surface area contributed by atoms with Crippen molar-refractivity contribution in [3.8, 4) is 5.75 Å². The Kier molecular flexibility index (Phi) is 5.99. The normalized spacial score (nSPS) is 11.1. The van der Waals surface area contributed by atoms with Crippen molar-refractivity contribution in [2.24, 2.45) is 5.73 Å². The van der Waals surface area contributed by atoms with E-state index in [4.69, 9.17) is 10.5 Å². The summed E-state index contributed by atoms with van der Waals surface area (Å²) in [7, 11) is 1.57. The number of ether oxygens (including phenoxy) is 1. The van der Waals surface area contributed by atoms with Crippen LogP contribution in [-0.2, 0) is 6.42 Å². The highest BCUT2D eigenvalue weighted by Gasteiger charge is 2.19. The van der Waals surface area contributed by atoms with E-state index in [0.717, 1.165) is 27.7 Å². The van der Waals surface area contributed by atoms with Gasteiger partial charge in [-0.25, -0.2) is 9.86 Å². The molecule has 0 radical (unpaired) electrons. The van der Waals surface area contributed by atoms with Gasteiger partial charge in [0.15, 0.2) is 0 Å². The molecular formula is C22H23N3O4. The largest absolute Gasteiger partial charge is 0.497 e. The van der Waals surface area contributed by atoms with Gasteiger partial charge in [-0.15, -0.1) is 0 Å². The molecule has 0 fully saturated rings. The molecule has 0 aliphatic carbocycles. The molecule has 2 aromatic carbocycles. The number of carbonyl (C=O) groups is 2. The molecule has 2 amide bonds. The van der Waals surface area contributed by atoms with Crippen LogP contribution in [-0.4, -0.2) is 40.4 Å². The van der Waals surface area contributed by atoms with Crippen molar-refractivity contribution in [2.75, 3.05) is 13.7 Å². The minimum atomic E-state index is -0.925. The van der Waals surface area contributed by atoms with Gasteiger partial charge in [-0.05, 0) is 48.7 Å². The SMILES string of the molecule is COc1ccc2c(c1)c(CCN(O)C(N)=O)c(C)n2C(=O)C=Cc1ccccc1. The summed E-state index contributed by atoms with van der Waals surface area (Å²) in [4.78, 5) is 24.1. The summed E-state index contributed by atoms with van der Waals surface area (Å²) >= 11 is 0. The van der Waals surface area contributed by atoms with Crippen LogP contribution in [0, 0.1) is 6.92 Å². The van der Waals surface area contributed by atoms with Gasteiger partial charge < -0.3 is 10.5 Å². The smallest absolute Gasteiger partial charge is 0.338 e. The van der Waals surface area contributed by atoms with Crippen molar-refractivity contribution < 1.29 is 19.5 Å². The van der Waals surface area contributed by atoms with E-state index in [0.29, 0.717) is 17.2 Å². The number of hydrogen-bond donors (Lipinski definition) is 2. The predicted octanol–water partition coefficient (Wildman–Crippen LogP) is 3.62. The second-order valence-electron chi connectivity index (χ2n) is 6.58. The number of fused-ring (bicyclic) bond motifs is 1. The molecule has 0 atom stereocenters. The Morgan fingerprint density at radius 1 is 1.21 bits per heavy atom. The molecule has 1 aromatic heterocycles. The lowest BCUT2D eigenvalue weighted by Gasteiger charge is -2.12. The van der Waals surface area contributed by atoms with Gasteiger partial charge in [0.25, 0.3) is 5.91 Å². The molecule has 0 spiro atoms. The molecule has 0 aliphatic rings. The highest BCUT2D eigenvalue weighted by molar-refractivity contribution is 6.02. The molecule has 7 heteroatoms. The zero-order valence-corrected chi connectivity index (χ0v) is 16.3. The summed E-state index contributed by atoms with van der Waals surface area (Å²) in [5.74, 6) is 0.461.